The summed E-state index contributed by atoms with van der Waals surface area (Å²) in [5, 5.41) is 3.24. The van der Waals surface area contributed by atoms with E-state index in [9.17, 15) is 4.79 Å². The van der Waals surface area contributed by atoms with E-state index < -0.39 is 0 Å². The van der Waals surface area contributed by atoms with E-state index in [2.05, 4.69) is 27.3 Å². The molecule has 0 unspecified atom stereocenters. The zero-order valence-electron chi connectivity index (χ0n) is 13.3. The van der Waals surface area contributed by atoms with Crippen LogP contribution in [0.25, 0.3) is 0 Å². The minimum Gasteiger partial charge on any atom is -0.322 e. The molecule has 1 saturated heterocycles. The van der Waals surface area contributed by atoms with Gasteiger partial charge in [-0.2, -0.15) is 0 Å². The Morgan fingerprint density at radius 3 is 2.33 bits per heavy atom. The molecule has 6 heteroatoms. The van der Waals surface area contributed by atoms with Crippen molar-refractivity contribution >= 4 is 34.8 Å². The molecule has 0 radical (unpaired) electrons. The first-order valence-corrected chi connectivity index (χ1v) is 8.81. The molecule has 4 nitrogen and oxygen atoms in total. The fraction of sp³-hybridized carbons (Fsp3) is 0.333. The Kier molecular flexibility index (Phi) is 5.72. The van der Waals surface area contributed by atoms with Gasteiger partial charge in [-0.25, -0.2) is 4.98 Å². The van der Waals surface area contributed by atoms with E-state index in [0.717, 1.165) is 18.7 Å². The molecule has 1 fully saturated rings. The second-order valence-electron chi connectivity index (χ2n) is 5.95. The van der Waals surface area contributed by atoms with Crippen LogP contribution in [0.2, 0.25) is 10.3 Å². The van der Waals surface area contributed by atoms with Crippen LogP contribution in [0.1, 0.15) is 28.8 Å². The predicted octanol–water partition coefficient (Wildman–Crippen LogP) is 4.28. The van der Waals surface area contributed by atoms with Gasteiger partial charge in [-0.1, -0.05) is 35.3 Å². The summed E-state index contributed by atoms with van der Waals surface area (Å²) in [6.45, 7) is 3.52. The van der Waals surface area contributed by atoms with Crippen LogP contribution in [0, 0.1) is 0 Å². The third kappa shape index (κ3) is 4.69. The number of anilines is 1. The number of hydrogen-bond donors (Lipinski definition) is 1. The SMILES string of the molecule is O=C(Nc1ccc(CCN2CCCC2)cc1)c1cc(Cl)nc(Cl)c1. The van der Waals surface area contributed by atoms with Crippen LogP contribution in [0.3, 0.4) is 0 Å². The van der Waals surface area contributed by atoms with E-state index in [4.69, 9.17) is 23.2 Å². The van der Waals surface area contributed by atoms with E-state index in [1.807, 2.05) is 12.1 Å². The van der Waals surface area contributed by atoms with Crippen LogP contribution in [-0.4, -0.2) is 35.4 Å². The summed E-state index contributed by atoms with van der Waals surface area (Å²) < 4.78 is 0. The number of nitrogens with zero attached hydrogens (tertiary/aromatic N) is 2. The van der Waals surface area contributed by atoms with Gasteiger partial charge in [0.15, 0.2) is 0 Å². The van der Waals surface area contributed by atoms with Crippen LogP contribution >= 0.6 is 23.2 Å². The summed E-state index contributed by atoms with van der Waals surface area (Å²) >= 11 is 11.7. The molecule has 1 aromatic heterocycles. The molecule has 1 aliphatic rings. The molecule has 2 heterocycles. The van der Waals surface area contributed by atoms with Gasteiger partial charge in [0.05, 0.1) is 0 Å². The fourth-order valence-electron chi connectivity index (χ4n) is 2.85. The Balaban J connectivity index is 1.57. The molecular formula is C18H19Cl2N3O. The summed E-state index contributed by atoms with van der Waals surface area (Å²) in [5.74, 6) is -0.258. The van der Waals surface area contributed by atoms with Crippen molar-refractivity contribution in [3.8, 4) is 0 Å². The summed E-state index contributed by atoms with van der Waals surface area (Å²) in [7, 11) is 0. The number of rotatable bonds is 5. The lowest BCUT2D eigenvalue weighted by molar-refractivity contribution is 0.102. The number of pyridine rings is 1. The van der Waals surface area contributed by atoms with Gasteiger partial charge in [-0.15, -0.1) is 0 Å². The van der Waals surface area contributed by atoms with Gasteiger partial charge in [0.2, 0.25) is 0 Å². The van der Waals surface area contributed by atoms with Crippen LogP contribution in [0.4, 0.5) is 5.69 Å². The smallest absolute Gasteiger partial charge is 0.255 e. The number of likely N-dealkylation sites (tertiary alicyclic amines) is 1. The van der Waals surface area contributed by atoms with Gasteiger partial charge in [0, 0.05) is 17.8 Å². The van der Waals surface area contributed by atoms with Gasteiger partial charge < -0.3 is 10.2 Å². The van der Waals surface area contributed by atoms with Gasteiger partial charge in [0.1, 0.15) is 10.3 Å². The van der Waals surface area contributed by atoms with Crippen LogP contribution < -0.4 is 5.32 Å². The number of aromatic nitrogens is 1. The van der Waals surface area contributed by atoms with Gasteiger partial charge in [-0.3, -0.25) is 4.79 Å². The number of halogens is 2. The maximum Gasteiger partial charge on any atom is 0.255 e. The molecule has 1 aromatic carbocycles. The number of carbonyl (C=O) groups is 1. The first-order chi connectivity index (χ1) is 11.6. The predicted molar refractivity (Wildman–Crippen MR) is 98.0 cm³/mol. The van der Waals surface area contributed by atoms with Crippen LogP contribution in [-0.2, 0) is 6.42 Å². The maximum atomic E-state index is 12.2. The molecule has 0 aliphatic carbocycles. The van der Waals surface area contributed by atoms with Crippen molar-refractivity contribution in [2.75, 3.05) is 25.0 Å². The molecule has 2 aromatic rings. The van der Waals surface area contributed by atoms with E-state index in [1.54, 1.807) is 0 Å². The minimum absolute atomic E-state index is 0.199. The van der Waals surface area contributed by atoms with Crippen molar-refractivity contribution in [3.05, 3.63) is 57.8 Å². The third-order valence-electron chi connectivity index (χ3n) is 4.15. The van der Waals surface area contributed by atoms with Crippen molar-refractivity contribution in [1.82, 2.24) is 9.88 Å². The van der Waals surface area contributed by atoms with E-state index in [0.29, 0.717) is 5.56 Å². The second kappa shape index (κ2) is 7.97. The number of nitrogens with one attached hydrogen (secondary N) is 1. The molecule has 0 bridgehead atoms. The highest BCUT2D eigenvalue weighted by Crippen LogP contribution is 2.17. The molecular weight excluding hydrogens is 345 g/mol. The molecule has 126 valence electrons. The summed E-state index contributed by atoms with van der Waals surface area (Å²) in [4.78, 5) is 18.6. The summed E-state index contributed by atoms with van der Waals surface area (Å²) in [6.07, 6.45) is 3.66. The van der Waals surface area contributed by atoms with E-state index >= 15 is 0 Å². The Labute approximate surface area is 151 Å². The molecule has 0 saturated carbocycles. The quantitative estimate of drug-likeness (QED) is 0.806. The standard InChI is InChI=1S/C18H19Cl2N3O/c19-16-11-14(12-17(20)22-16)18(24)21-15-5-3-13(4-6-15)7-10-23-8-1-2-9-23/h3-6,11-12H,1-2,7-10H2,(H,21,24). The average Bonchev–Trinajstić information content (AvgIpc) is 3.07. The number of amides is 1. The Hall–Kier alpha value is -1.62. The van der Waals surface area contributed by atoms with Crippen molar-refractivity contribution in [1.29, 1.82) is 0 Å². The number of carbonyl (C=O) groups excluding carboxylic acids is 1. The molecule has 1 amide bonds. The lowest BCUT2D eigenvalue weighted by Gasteiger charge is -2.14. The highest BCUT2D eigenvalue weighted by molar-refractivity contribution is 6.33. The summed E-state index contributed by atoms with van der Waals surface area (Å²) in [6, 6.07) is 10.9. The molecule has 0 atom stereocenters. The Morgan fingerprint density at radius 1 is 1.08 bits per heavy atom. The topological polar surface area (TPSA) is 45.2 Å². The largest absolute Gasteiger partial charge is 0.322 e. The highest BCUT2D eigenvalue weighted by atomic mass is 35.5. The molecule has 1 aliphatic heterocycles. The molecule has 3 rings (SSSR count). The zero-order valence-corrected chi connectivity index (χ0v) is 14.8. The first-order valence-electron chi connectivity index (χ1n) is 8.06. The minimum atomic E-state index is -0.258. The molecule has 1 N–H and O–H groups in total. The fourth-order valence-corrected chi connectivity index (χ4v) is 3.31. The highest BCUT2D eigenvalue weighted by Gasteiger charge is 2.11. The van der Waals surface area contributed by atoms with Crippen molar-refractivity contribution in [2.45, 2.75) is 19.3 Å². The molecule has 24 heavy (non-hydrogen) atoms. The Bertz CT molecular complexity index is 692. The lowest BCUT2D eigenvalue weighted by Crippen LogP contribution is -2.21. The van der Waals surface area contributed by atoms with Gasteiger partial charge >= 0.3 is 0 Å². The lowest BCUT2D eigenvalue weighted by atomic mass is 10.1. The number of hydrogen-bond acceptors (Lipinski definition) is 3. The van der Waals surface area contributed by atoms with Gasteiger partial charge in [-0.05, 0) is 62.2 Å². The normalized spacial score (nSPS) is 14.8. The molecule has 0 spiro atoms. The van der Waals surface area contributed by atoms with Crippen LogP contribution in [0.5, 0.6) is 0 Å². The van der Waals surface area contributed by atoms with E-state index in [-0.39, 0.29) is 16.2 Å². The number of benzene rings is 1. The monoisotopic (exact) mass is 363 g/mol. The van der Waals surface area contributed by atoms with E-state index in [1.165, 1.54) is 43.6 Å². The first kappa shape index (κ1) is 17.2. The Morgan fingerprint density at radius 2 is 1.71 bits per heavy atom. The zero-order chi connectivity index (χ0) is 16.9. The average molecular weight is 364 g/mol. The van der Waals surface area contributed by atoms with Crippen LogP contribution in [0.15, 0.2) is 36.4 Å². The van der Waals surface area contributed by atoms with Crippen molar-refractivity contribution < 1.29 is 4.79 Å². The third-order valence-corrected chi connectivity index (χ3v) is 4.54. The van der Waals surface area contributed by atoms with Crippen molar-refractivity contribution in [3.63, 3.8) is 0 Å². The summed E-state index contributed by atoms with van der Waals surface area (Å²) in [5.41, 5.74) is 2.40. The van der Waals surface area contributed by atoms with Gasteiger partial charge in [0.25, 0.3) is 5.91 Å². The second-order valence-corrected chi connectivity index (χ2v) is 6.73. The van der Waals surface area contributed by atoms with Crippen molar-refractivity contribution in [2.24, 2.45) is 0 Å². The maximum absolute atomic E-state index is 12.2.